The van der Waals surface area contributed by atoms with Crippen molar-refractivity contribution in [1.82, 2.24) is 4.90 Å². The van der Waals surface area contributed by atoms with Gasteiger partial charge in [-0.25, -0.2) is 26.3 Å². The van der Waals surface area contributed by atoms with Crippen LogP contribution in [0.15, 0.2) is 78.6 Å². The number of hydrogen-bond donors (Lipinski definition) is 0. The third-order valence-electron chi connectivity index (χ3n) is 4.58. The third kappa shape index (κ3) is 6.03. The highest BCUT2D eigenvalue weighted by Crippen LogP contribution is 2.38. The molecule has 1 nitrogen and oxygen atoms in total. The van der Waals surface area contributed by atoms with E-state index in [1.54, 1.807) is 31.2 Å². The minimum absolute atomic E-state index is 0.0575. The predicted octanol–water partition coefficient (Wildman–Crippen LogP) is 7.21. The quantitative estimate of drug-likeness (QED) is 0.290. The van der Waals surface area contributed by atoms with Crippen molar-refractivity contribution in [3.05, 3.63) is 101 Å². The van der Waals surface area contributed by atoms with Gasteiger partial charge in [-0.1, -0.05) is 43.5 Å². The van der Waals surface area contributed by atoms with Gasteiger partial charge in [-0.15, -0.1) is 0 Å². The molecule has 0 bridgehead atoms. The minimum Gasteiger partial charge on any atom is -0.335 e. The molecule has 166 valence electrons. The van der Waals surface area contributed by atoms with Gasteiger partial charge in [0.15, 0.2) is 0 Å². The average molecular weight is 439 g/mol. The monoisotopic (exact) mass is 439 g/mol. The van der Waals surface area contributed by atoms with Crippen molar-refractivity contribution in [2.24, 2.45) is 0 Å². The zero-order valence-electron chi connectivity index (χ0n) is 17.0. The van der Waals surface area contributed by atoms with E-state index in [0.717, 1.165) is 17.0 Å². The molecule has 0 aliphatic carbocycles. The average Bonchev–Trinajstić information content (AvgIpc) is 2.68. The molecule has 0 atom stereocenters. The van der Waals surface area contributed by atoms with Gasteiger partial charge in [-0.3, -0.25) is 0 Å². The van der Waals surface area contributed by atoms with E-state index in [2.05, 4.69) is 13.2 Å². The van der Waals surface area contributed by atoms with Crippen LogP contribution in [0.3, 0.4) is 0 Å². The summed E-state index contributed by atoms with van der Waals surface area (Å²) in [6.45, 7) is 8.25. The minimum atomic E-state index is -2.80. The third-order valence-corrected chi connectivity index (χ3v) is 4.58. The molecule has 0 amide bonds. The lowest BCUT2D eigenvalue weighted by Crippen LogP contribution is -2.30. The molecule has 0 saturated heterocycles. The lowest BCUT2D eigenvalue weighted by Gasteiger charge is -2.33. The summed E-state index contributed by atoms with van der Waals surface area (Å²) < 4.78 is 81.8. The summed E-state index contributed by atoms with van der Waals surface area (Å²) in [6, 6.07) is 1.92. The molecule has 1 aliphatic heterocycles. The van der Waals surface area contributed by atoms with Crippen LogP contribution < -0.4 is 0 Å². The zero-order chi connectivity index (χ0) is 23.1. The second-order valence-corrected chi connectivity index (χ2v) is 6.81. The highest BCUT2D eigenvalue weighted by atomic mass is 19.3. The molecule has 0 saturated carbocycles. The summed E-state index contributed by atoms with van der Waals surface area (Å²) in [5, 5.41) is 0. The second kappa shape index (κ2) is 10.9. The fourth-order valence-electron chi connectivity index (χ4n) is 3.30. The number of benzene rings is 1. The fraction of sp³-hybridized carbons (Fsp3) is 0.250. The van der Waals surface area contributed by atoms with Crippen molar-refractivity contribution in [2.75, 3.05) is 6.54 Å². The standard InChI is InChI=1S/C24H23F6N/c1-4-6-17(7-5-2)18-10-8-15(3)31(14-22(29)30)24(18)23-19(25)12-16(13-20(23)26)9-11-21(27)28/h4-8,10,12-13,21-22H,1,3,9,11,14H2,2H3/b7-5-,17-6+. The maximum atomic E-state index is 15.1. The largest absolute Gasteiger partial charge is 0.335 e. The Balaban J connectivity index is 2.76. The molecule has 0 fully saturated rings. The van der Waals surface area contributed by atoms with Gasteiger partial charge < -0.3 is 4.90 Å². The van der Waals surface area contributed by atoms with Gasteiger partial charge in [0.05, 0.1) is 17.8 Å². The zero-order valence-corrected chi connectivity index (χ0v) is 17.0. The number of allylic oxidation sites excluding steroid dienone is 8. The van der Waals surface area contributed by atoms with E-state index in [1.807, 2.05) is 0 Å². The summed E-state index contributed by atoms with van der Waals surface area (Å²) in [6.07, 6.45) is 3.24. The van der Waals surface area contributed by atoms with Crippen molar-refractivity contribution in [3.63, 3.8) is 0 Å². The van der Waals surface area contributed by atoms with Crippen LogP contribution in [0.1, 0.15) is 24.5 Å². The van der Waals surface area contributed by atoms with E-state index in [1.165, 1.54) is 12.2 Å². The topological polar surface area (TPSA) is 3.24 Å². The molecule has 31 heavy (non-hydrogen) atoms. The fourth-order valence-corrected chi connectivity index (χ4v) is 3.30. The predicted molar refractivity (Wildman–Crippen MR) is 112 cm³/mol. The number of hydrogen-bond acceptors (Lipinski definition) is 1. The molecule has 0 radical (unpaired) electrons. The highest BCUT2D eigenvalue weighted by molar-refractivity contribution is 5.79. The van der Waals surface area contributed by atoms with Crippen LogP contribution >= 0.6 is 0 Å². The van der Waals surface area contributed by atoms with Gasteiger partial charge in [0.1, 0.15) is 11.6 Å². The van der Waals surface area contributed by atoms with E-state index in [0.29, 0.717) is 11.1 Å². The van der Waals surface area contributed by atoms with Gasteiger partial charge in [-0.05, 0) is 42.7 Å². The molecular formula is C24H23F6N. The van der Waals surface area contributed by atoms with Crippen LogP contribution in [-0.4, -0.2) is 24.3 Å². The van der Waals surface area contributed by atoms with Crippen LogP contribution in [0.4, 0.5) is 26.3 Å². The Kier molecular flexibility index (Phi) is 8.54. The lowest BCUT2D eigenvalue weighted by molar-refractivity contribution is 0.123. The SMILES string of the molecule is C=C/C=C(\C=C/C)C1=C(c2c(F)cc(CCC(F)F)cc2F)N(CC(F)F)C(=C)C=C1. The molecule has 0 aromatic heterocycles. The summed E-state index contributed by atoms with van der Waals surface area (Å²) in [5.74, 6) is -2.06. The first kappa shape index (κ1) is 24.3. The Bertz CT molecular complexity index is 930. The van der Waals surface area contributed by atoms with Crippen LogP contribution in [-0.2, 0) is 6.42 Å². The van der Waals surface area contributed by atoms with Crippen LogP contribution in [0.2, 0.25) is 0 Å². The van der Waals surface area contributed by atoms with E-state index in [-0.39, 0.29) is 23.4 Å². The second-order valence-electron chi connectivity index (χ2n) is 6.81. The molecule has 1 aliphatic rings. The van der Waals surface area contributed by atoms with Gasteiger partial charge >= 0.3 is 0 Å². The van der Waals surface area contributed by atoms with Crippen molar-refractivity contribution < 1.29 is 26.3 Å². The first-order valence-corrected chi connectivity index (χ1v) is 9.58. The van der Waals surface area contributed by atoms with Crippen molar-refractivity contribution in [1.29, 1.82) is 0 Å². The molecular weight excluding hydrogens is 416 g/mol. The lowest BCUT2D eigenvalue weighted by atomic mass is 9.92. The van der Waals surface area contributed by atoms with Gasteiger partial charge in [-0.2, -0.15) is 0 Å². The van der Waals surface area contributed by atoms with Gasteiger partial charge in [0.2, 0.25) is 6.43 Å². The Hall–Kier alpha value is -2.96. The molecule has 7 heteroatoms. The first-order valence-electron chi connectivity index (χ1n) is 9.58. The molecule has 1 aromatic rings. The van der Waals surface area contributed by atoms with E-state index >= 15 is 8.78 Å². The van der Waals surface area contributed by atoms with E-state index in [4.69, 9.17) is 0 Å². The maximum Gasteiger partial charge on any atom is 0.256 e. The molecule has 1 heterocycles. The molecule has 0 N–H and O–H groups in total. The molecule has 2 rings (SSSR count). The summed E-state index contributed by atoms with van der Waals surface area (Å²) in [4.78, 5) is 1.06. The van der Waals surface area contributed by atoms with E-state index in [9.17, 15) is 17.6 Å². The summed E-state index contributed by atoms with van der Waals surface area (Å²) in [7, 11) is 0. The Morgan fingerprint density at radius 1 is 1.06 bits per heavy atom. The molecule has 0 unspecified atom stereocenters. The summed E-state index contributed by atoms with van der Waals surface area (Å²) in [5.41, 5.74) is 0.344. The van der Waals surface area contributed by atoms with Crippen LogP contribution in [0.5, 0.6) is 0 Å². The van der Waals surface area contributed by atoms with Crippen LogP contribution in [0, 0.1) is 11.6 Å². The number of rotatable bonds is 9. The van der Waals surface area contributed by atoms with E-state index < -0.39 is 43.0 Å². The maximum absolute atomic E-state index is 15.1. The Labute approximate surface area is 178 Å². The molecule has 1 aromatic carbocycles. The number of halogens is 6. The normalized spacial score (nSPS) is 15.2. The molecule has 0 spiro atoms. The van der Waals surface area contributed by atoms with Crippen LogP contribution in [0.25, 0.3) is 5.70 Å². The van der Waals surface area contributed by atoms with Gasteiger partial charge in [0.25, 0.3) is 6.43 Å². The number of aryl methyl sites for hydroxylation is 1. The number of alkyl halides is 4. The van der Waals surface area contributed by atoms with Crippen molar-refractivity contribution >= 4 is 5.70 Å². The van der Waals surface area contributed by atoms with Crippen molar-refractivity contribution in [3.8, 4) is 0 Å². The highest BCUT2D eigenvalue weighted by Gasteiger charge is 2.29. The smallest absolute Gasteiger partial charge is 0.256 e. The van der Waals surface area contributed by atoms with Gasteiger partial charge in [0, 0.05) is 17.7 Å². The Morgan fingerprint density at radius 2 is 1.71 bits per heavy atom. The first-order chi connectivity index (χ1) is 14.7. The Morgan fingerprint density at radius 3 is 2.23 bits per heavy atom. The number of nitrogens with zero attached hydrogens (tertiary/aromatic N) is 1. The van der Waals surface area contributed by atoms with Crippen molar-refractivity contribution in [2.45, 2.75) is 32.6 Å². The summed E-state index contributed by atoms with van der Waals surface area (Å²) >= 11 is 0.